The maximum Gasteiger partial charge on any atom is 0.179 e. The van der Waals surface area contributed by atoms with Crippen LogP contribution in [0.15, 0.2) is 36.7 Å². The quantitative estimate of drug-likeness (QED) is 0.787. The van der Waals surface area contributed by atoms with Gasteiger partial charge < -0.3 is 9.88 Å². The van der Waals surface area contributed by atoms with Crippen molar-refractivity contribution in [1.29, 1.82) is 0 Å². The number of nitrogens with zero attached hydrogens (tertiary/aromatic N) is 4. The molecule has 0 fully saturated rings. The number of anilines is 1. The highest BCUT2D eigenvalue weighted by Gasteiger charge is 2.06. The summed E-state index contributed by atoms with van der Waals surface area (Å²) < 4.78 is 0. The number of imidazole rings is 1. The van der Waals surface area contributed by atoms with Crippen molar-refractivity contribution in [3.8, 4) is 0 Å². The fraction of sp³-hybridized carbons (Fsp3) is 0.267. The van der Waals surface area contributed by atoms with E-state index in [1.165, 1.54) is 5.56 Å². The van der Waals surface area contributed by atoms with Crippen molar-refractivity contribution in [3.63, 3.8) is 0 Å². The van der Waals surface area contributed by atoms with Gasteiger partial charge in [0.15, 0.2) is 5.65 Å². The Morgan fingerprint density at radius 2 is 2.00 bits per heavy atom. The van der Waals surface area contributed by atoms with Gasteiger partial charge in [0, 0.05) is 32.9 Å². The van der Waals surface area contributed by atoms with Crippen LogP contribution in [0, 0.1) is 0 Å². The van der Waals surface area contributed by atoms with E-state index in [0.29, 0.717) is 0 Å². The van der Waals surface area contributed by atoms with E-state index in [2.05, 4.69) is 26.0 Å². The molecule has 3 aromatic rings. The smallest absolute Gasteiger partial charge is 0.179 e. The van der Waals surface area contributed by atoms with Crippen molar-refractivity contribution in [2.75, 3.05) is 19.0 Å². The van der Waals surface area contributed by atoms with Crippen molar-refractivity contribution < 1.29 is 0 Å². The number of aromatic nitrogens is 4. The van der Waals surface area contributed by atoms with Gasteiger partial charge >= 0.3 is 0 Å². The molecule has 0 aliphatic rings. The molecule has 1 N–H and O–H groups in total. The van der Waals surface area contributed by atoms with Crippen molar-refractivity contribution >= 4 is 17.0 Å². The van der Waals surface area contributed by atoms with Gasteiger partial charge in [0.1, 0.15) is 11.6 Å². The van der Waals surface area contributed by atoms with Crippen LogP contribution in [-0.4, -0.2) is 34.0 Å². The Hall–Kier alpha value is -2.43. The van der Waals surface area contributed by atoms with Crippen LogP contribution < -0.4 is 4.90 Å². The Labute approximate surface area is 117 Å². The van der Waals surface area contributed by atoms with Gasteiger partial charge in [-0.25, -0.2) is 9.97 Å². The van der Waals surface area contributed by atoms with Gasteiger partial charge in [-0.2, -0.15) is 0 Å². The molecule has 102 valence electrons. The van der Waals surface area contributed by atoms with Crippen LogP contribution in [-0.2, 0) is 12.8 Å². The highest BCUT2D eigenvalue weighted by Crippen LogP contribution is 2.15. The zero-order valence-corrected chi connectivity index (χ0v) is 11.7. The van der Waals surface area contributed by atoms with E-state index in [1.54, 1.807) is 6.20 Å². The predicted molar refractivity (Wildman–Crippen MR) is 79.9 cm³/mol. The first-order chi connectivity index (χ1) is 9.72. The van der Waals surface area contributed by atoms with E-state index in [1.807, 2.05) is 43.4 Å². The van der Waals surface area contributed by atoms with Gasteiger partial charge in [-0.3, -0.25) is 4.98 Å². The van der Waals surface area contributed by atoms with E-state index >= 15 is 0 Å². The Morgan fingerprint density at radius 1 is 1.10 bits per heavy atom. The Kier molecular flexibility index (Phi) is 3.33. The summed E-state index contributed by atoms with van der Waals surface area (Å²) in [7, 11) is 3.95. The van der Waals surface area contributed by atoms with Crippen LogP contribution in [0.3, 0.4) is 0 Å². The van der Waals surface area contributed by atoms with Crippen molar-refractivity contribution in [2.24, 2.45) is 0 Å². The molecule has 0 aliphatic carbocycles. The molecule has 0 saturated heterocycles. The molecule has 0 amide bonds. The molecule has 0 radical (unpaired) electrons. The fourth-order valence-electron chi connectivity index (χ4n) is 2.11. The molecular weight excluding hydrogens is 250 g/mol. The number of hydrogen-bond acceptors (Lipinski definition) is 4. The van der Waals surface area contributed by atoms with Crippen LogP contribution in [0.2, 0.25) is 0 Å². The molecule has 3 rings (SSSR count). The minimum absolute atomic E-state index is 0.775. The summed E-state index contributed by atoms with van der Waals surface area (Å²) in [6, 6.07) is 8.06. The summed E-state index contributed by atoms with van der Waals surface area (Å²) in [5, 5.41) is 0. The first kappa shape index (κ1) is 12.6. The van der Waals surface area contributed by atoms with E-state index < -0.39 is 0 Å². The molecule has 5 nitrogen and oxygen atoms in total. The standard InChI is InChI=1S/C15H17N5/c1-20(2)14-8-6-12-15(19-14)18-13(17-12)7-5-11-4-3-9-16-10-11/h3-4,6,8-10H,5,7H2,1-2H3,(H,17,18,19). The number of pyridine rings is 2. The third-order valence-electron chi connectivity index (χ3n) is 3.21. The lowest BCUT2D eigenvalue weighted by atomic mass is 10.1. The Bertz CT molecular complexity index is 703. The number of rotatable bonds is 4. The summed E-state index contributed by atoms with van der Waals surface area (Å²) in [5.74, 6) is 1.88. The van der Waals surface area contributed by atoms with Crippen molar-refractivity contribution in [2.45, 2.75) is 12.8 Å². The number of fused-ring (bicyclic) bond motifs is 1. The van der Waals surface area contributed by atoms with Gasteiger partial charge in [-0.15, -0.1) is 0 Å². The summed E-state index contributed by atoms with van der Waals surface area (Å²) in [5.41, 5.74) is 2.98. The van der Waals surface area contributed by atoms with E-state index in [-0.39, 0.29) is 0 Å². The summed E-state index contributed by atoms with van der Waals surface area (Å²) in [6.45, 7) is 0. The number of hydrogen-bond donors (Lipinski definition) is 1. The topological polar surface area (TPSA) is 57.7 Å². The lowest BCUT2D eigenvalue weighted by Gasteiger charge is -2.09. The Morgan fingerprint density at radius 3 is 2.75 bits per heavy atom. The second-order valence-electron chi connectivity index (χ2n) is 4.98. The largest absolute Gasteiger partial charge is 0.363 e. The molecule has 3 aromatic heterocycles. The van der Waals surface area contributed by atoms with Crippen LogP contribution >= 0.6 is 0 Å². The molecular formula is C15H17N5. The van der Waals surface area contributed by atoms with Crippen molar-refractivity contribution in [3.05, 3.63) is 48.0 Å². The maximum atomic E-state index is 4.56. The van der Waals surface area contributed by atoms with Gasteiger partial charge in [0.2, 0.25) is 0 Å². The first-order valence-electron chi connectivity index (χ1n) is 6.64. The van der Waals surface area contributed by atoms with Gasteiger partial charge in [-0.05, 0) is 30.2 Å². The van der Waals surface area contributed by atoms with Crippen LogP contribution in [0.5, 0.6) is 0 Å². The zero-order chi connectivity index (χ0) is 13.9. The van der Waals surface area contributed by atoms with Crippen molar-refractivity contribution in [1.82, 2.24) is 19.9 Å². The van der Waals surface area contributed by atoms with Gasteiger partial charge in [-0.1, -0.05) is 6.07 Å². The highest BCUT2D eigenvalue weighted by atomic mass is 15.1. The average Bonchev–Trinajstić information content (AvgIpc) is 2.88. The minimum Gasteiger partial charge on any atom is -0.363 e. The molecule has 0 bridgehead atoms. The fourth-order valence-corrected chi connectivity index (χ4v) is 2.11. The highest BCUT2D eigenvalue weighted by molar-refractivity contribution is 5.73. The van der Waals surface area contributed by atoms with E-state index in [4.69, 9.17) is 0 Å². The predicted octanol–water partition coefficient (Wildman–Crippen LogP) is 2.20. The van der Waals surface area contributed by atoms with Crippen LogP contribution in [0.1, 0.15) is 11.4 Å². The average molecular weight is 267 g/mol. The Balaban J connectivity index is 1.79. The lowest BCUT2D eigenvalue weighted by molar-refractivity contribution is 0.883. The zero-order valence-electron chi connectivity index (χ0n) is 11.7. The lowest BCUT2D eigenvalue weighted by Crippen LogP contribution is -2.10. The molecule has 0 aromatic carbocycles. The normalized spacial score (nSPS) is 10.9. The number of H-pyrrole nitrogens is 1. The molecule has 20 heavy (non-hydrogen) atoms. The molecule has 0 aliphatic heterocycles. The third-order valence-corrected chi connectivity index (χ3v) is 3.21. The SMILES string of the molecule is CN(C)c1ccc2[nH]c(CCc3cccnc3)nc2n1. The number of aromatic amines is 1. The third kappa shape index (κ3) is 2.61. The summed E-state index contributed by atoms with van der Waals surface area (Å²) in [6.07, 6.45) is 5.47. The minimum atomic E-state index is 0.775. The van der Waals surface area contributed by atoms with Gasteiger partial charge in [0.05, 0.1) is 5.52 Å². The molecule has 5 heteroatoms. The number of nitrogens with one attached hydrogen (secondary N) is 1. The molecule has 0 unspecified atom stereocenters. The molecule has 0 spiro atoms. The van der Waals surface area contributed by atoms with E-state index in [9.17, 15) is 0 Å². The molecule has 0 atom stereocenters. The van der Waals surface area contributed by atoms with Gasteiger partial charge in [0.25, 0.3) is 0 Å². The van der Waals surface area contributed by atoms with E-state index in [0.717, 1.165) is 35.6 Å². The number of aryl methyl sites for hydroxylation is 2. The monoisotopic (exact) mass is 267 g/mol. The molecule has 0 saturated carbocycles. The van der Waals surface area contributed by atoms with Crippen LogP contribution in [0.4, 0.5) is 5.82 Å². The van der Waals surface area contributed by atoms with Crippen LogP contribution in [0.25, 0.3) is 11.2 Å². The summed E-state index contributed by atoms with van der Waals surface area (Å²) in [4.78, 5) is 18.5. The first-order valence-corrected chi connectivity index (χ1v) is 6.64. The second kappa shape index (κ2) is 5.28. The second-order valence-corrected chi connectivity index (χ2v) is 4.98. The molecule has 3 heterocycles. The summed E-state index contributed by atoms with van der Waals surface area (Å²) >= 11 is 0. The maximum absolute atomic E-state index is 4.56.